The second kappa shape index (κ2) is 8.14. The van der Waals surface area contributed by atoms with Crippen LogP contribution in [-0.4, -0.2) is 42.6 Å². The number of aromatic nitrogens is 1. The molecule has 1 amide bonds. The van der Waals surface area contributed by atoms with Crippen LogP contribution in [-0.2, 0) is 4.74 Å². The van der Waals surface area contributed by atoms with Gasteiger partial charge in [0.1, 0.15) is 23.4 Å². The van der Waals surface area contributed by atoms with Gasteiger partial charge in [-0.15, -0.1) is 0 Å². The summed E-state index contributed by atoms with van der Waals surface area (Å²) in [6.07, 6.45) is -0.545. The van der Waals surface area contributed by atoms with Crippen LogP contribution in [0.4, 0.5) is 4.39 Å². The molecule has 1 atom stereocenters. The molecule has 8 heteroatoms. The minimum atomic E-state index is -0.579. The molecule has 2 aromatic carbocycles. The number of nitrogens with zero attached hydrogens (tertiary/aromatic N) is 2. The van der Waals surface area contributed by atoms with Crippen molar-refractivity contribution in [2.45, 2.75) is 6.10 Å². The lowest BCUT2D eigenvalue weighted by molar-refractivity contribution is -0.0230. The maximum Gasteiger partial charge on any atom is 0.272 e. The molecule has 1 fully saturated rings. The van der Waals surface area contributed by atoms with E-state index >= 15 is 0 Å². The smallest absolute Gasteiger partial charge is 0.272 e. The molecule has 0 bridgehead atoms. The molecule has 2 heterocycles. The van der Waals surface area contributed by atoms with Gasteiger partial charge in [0.15, 0.2) is 0 Å². The Hall–Kier alpha value is -2.41. The largest absolute Gasteiger partial charge is 0.497 e. The van der Waals surface area contributed by atoms with E-state index in [1.165, 1.54) is 12.1 Å². The average Bonchev–Trinajstić information content (AvgIpc) is 2.75. The minimum absolute atomic E-state index is 0.0560. The van der Waals surface area contributed by atoms with E-state index in [4.69, 9.17) is 32.7 Å². The number of hydrogen-bond donors (Lipinski definition) is 0. The Morgan fingerprint density at radius 2 is 2.03 bits per heavy atom. The van der Waals surface area contributed by atoms with Crippen LogP contribution in [0.1, 0.15) is 22.2 Å². The highest BCUT2D eigenvalue weighted by atomic mass is 35.5. The number of morpholine rings is 1. The van der Waals surface area contributed by atoms with E-state index in [0.717, 1.165) is 11.1 Å². The molecule has 4 rings (SSSR count). The zero-order chi connectivity index (χ0) is 20.5. The Morgan fingerprint density at radius 1 is 1.21 bits per heavy atom. The highest BCUT2D eigenvalue weighted by Crippen LogP contribution is 2.32. The van der Waals surface area contributed by atoms with Crippen molar-refractivity contribution in [1.29, 1.82) is 0 Å². The number of carbonyl (C=O) groups is 1. The maximum absolute atomic E-state index is 13.9. The van der Waals surface area contributed by atoms with Gasteiger partial charge in [0.25, 0.3) is 5.91 Å². The highest BCUT2D eigenvalue weighted by Gasteiger charge is 2.29. The average molecular weight is 435 g/mol. The molecule has 1 aliphatic heterocycles. The lowest BCUT2D eigenvalue weighted by Gasteiger charge is -2.33. The van der Waals surface area contributed by atoms with Crippen molar-refractivity contribution in [2.24, 2.45) is 0 Å². The molecule has 1 unspecified atom stereocenters. The molecule has 0 spiro atoms. The summed E-state index contributed by atoms with van der Waals surface area (Å²) in [5, 5.41) is 1.12. The normalized spacial score (nSPS) is 16.8. The number of ether oxygens (including phenoxy) is 2. The summed E-state index contributed by atoms with van der Waals surface area (Å²) < 4.78 is 24.8. The topological polar surface area (TPSA) is 51.7 Å². The third kappa shape index (κ3) is 4.01. The number of carbonyl (C=O) groups excluding carboxylic acids is 1. The van der Waals surface area contributed by atoms with Gasteiger partial charge < -0.3 is 14.4 Å². The van der Waals surface area contributed by atoms with E-state index in [1.54, 1.807) is 24.1 Å². The van der Waals surface area contributed by atoms with Gasteiger partial charge in [0, 0.05) is 22.5 Å². The van der Waals surface area contributed by atoms with Crippen LogP contribution in [0.3, 0.4) is 0 Å². The summed E-state index contributed by atoms with van der Waals surface area (Å²) >= 11 is 12.0. The SMILES string of the molecule is COc1ccc2nc(C(=O)N3CCOC(c4cc(F)c(Cl)cc4Cl)C3)ccc2c1. The van der Waals surface area contributed by atoms with E-state index in [-0.39, 0.29) is 17.5 Å². The summed E-state index contributed by atoms with van der Waals surface area (Å²) in [7, 11) is 1.60. The number of halogens is 3. The molecule has 150 valence electrons. The van der Waals surface area contributed by atoms with Crippen molar-refractivity contribution in [3.63, 3.8) is 0 Å². The van der Waals surface area contributed by atoms with Crippen LogP contribution in [0.2, 0.25) is 10.0 Å². The van der Waals surface area contributed by atoms with Crippen molar-refractivity contribution >= 4 is 40.0 Å². The van der Waals surface area contributed by atoms with Gasteiger partial charge >= 0.3 is 0 Å². The predicted octanol–water partition coefficient (Wildman–Crippen LogP) is 4.90. The molecular weight excluding hydrogens is 418 g/mol. The van der Waals surface area contributed by atoms with Crippen molar-refractivity contribution in [2.75, 3.05) is 26.8 Å². The van der Waals surface area contributed by atoms with Gasteiger partial charge in [0.2, 0.25) is 0 Å². The molecule has 1 aliphatic rings. The van der Waals surface area contributed by atoms with Crippen LogP contribution in [0.5, 0.6) is 5.75 Å². The monoisotopic (exact) mass is 434 g/mol. The second-order valence-electron chi connectivity index (χ2n) is 6.65. The molecular formula is C21H17Cl2FN2O3. The first kappa shape index (κ1) is 19.9. The third-order valence-corrected chi connectivity index (χ3v) is 5.47. The summed E-state index contributed by atoms with van der Waals surface area (Å²) in [5.74, 6) is -0.0761. The van der Waals surface area contributed by atoms with Gasteiger partial charge in [-0.05, 0) is 36.4 Å². The molecule has 5 nitrogen and oxygen atoms in total. The van der Waals surface area contributed by atoms with Crippen molar-refractivity contribution in [3.8, 4) is 5.75 Å². The first-order valence-electron chi connectivity index (χ1n) is 8.96. The van der Waals surface area contributed by atoms with Crippen LogP contribution in [0.15, 0.2) is 42.5 Å². The number of methoxy groups -OCH3 is 1. The molecule has 1 aromatic heterocycles. The highest BCUT2D eigenvalue weighted by molar-refractivity contribution is 6.35. The van der Waals surface area contributed by atoms with Gasteiger partial charge in [-0.1, -0.05) is 29.3 Å². The van der Waals surface area contributed by atoms with E-state index < -0.39 is 11.9 Å². The fourth-order valence-corrected chi connectivity index (χ4v) is 3.82. The molecule has 3 aromatic rings. The Balaban J connectivity index is 1.57. The zero-order valence-electron chi connectivity index (χ0n) is 15.5. The Bertz CT molecular complexity index is 1090. The van der Waals surface area contributed by atoms with Crippen LogP contribution < -0.4 is 4.74 Å². The van der Waals surface area contributed by atoms with E-state index in [2.05, 4.69) is 4.98 Å². The number of benzene rings is 2. The van der Waals surface area contributed by atoms with Gasteiger partial charge in [0.05, 0.1) is 30.8 Å². The molecule has 0 aliphatic carbocycles. The Kier molecular flexibility index (Phi) is 5.58. The second-order valence-corrected chi connectivity index (χ2v) is 7.47. The van der Waals surface area contributed by atoms with Gasteiger partial charge in [-0.2, -0.15) is 0 Å². The standard InChI is InChI=1S/C21H17Cl2FN2O3/c1-28-13-3-5-18-12(8-13)2-4-19(25-18)21(27)26-6-7-29-20(11-26)14-9-17(24)16(23)10-15(14)22/h2-5,8-10,20H,6-7,11H2,1H3. The van der Waals surface area contributed by atoms with Crippen LogP contribution >= 0.6 is 23.2 Å². The number of rotatable bonds is 3. The minimum Gasteiger partial charge on any atom is -0.497 e. The van der Waals surface area contributed by atoms with Gasteiger partial charge in [-0.25, -0.2) is 9.37 Å². The summed E-state index contributed by atoms with van der Waals surface area (Å²) in [6, 6.07) is 11.6. The number of amides is 1. The number of hydrogen-bond acceptors (Lipinski definition) is 4. The fraction of sp³-hybridized carbons (Fsp3) is 0.238. The summed E-state index contributed by atoms with van der Waals surface area (Å²) in [4.78, 5) is 19.1. The van der Waals surface area contributed by atoms with Crippen molar-refractivity contribution in [1.82, 2.24) is 9.88 Å². The van der Waals surface area contributed by atoms with Crippen molar-refractivity contribution in [3.05, 3.63) is 69.6 Å². The lowest BCUT2D eigenvalue weighted by Crippen LogP contribution is -2.42. The predicted molar refractivity (Wildman–Crippen MR) is 109 cm³/mol. The first-order chi connectivity index (χ1) is 14.0. The van der Waals surface area contributed by atoms with E-state index in [9.17, 15) is 9.18 Å². The fourth-order valence-electron chi connectivity index (χ4n) is 3.32. The molecule has 0 saturated carbocycles. The third-order valence-electron chi connectivity index (χ3n) is 4.86. The summed E-state index contributed by atoms with van der Waals surface area (Å²) in [5.41, 5.74) is 1.49. The van der Waals surface area contributed by atoms with Crippen molar-refractivity contribution < 1.29 is 18.7 Å². The first-order valence-corrected chi connectivity index (χ1v) is 9.72. The molecule has 1 saturated heterocycles. The molecule has 0 N–H and O–H groups in total. The zero-order valence-corrected chi connectivity index (χ0v) is 17.0. The number of fused-ring (bicyclic) bond motifs is 1. The quantitative estimate of drug-likeness (QED) is 0.549. The van der Waals surface area contributed by atoms with Crippen LogP contribution in [0.25, 0.3) is 10.9 Å². The van der Waals surface area contributed by atoms with Gasteiger partial charge in [-0.3, -0.25) is 4.79 Å². The van der Waals surface area contributed by atoms with E-state index in [0.29, 0.717) is 34.9 Å². The lowest BCUT2D eigenvalue weighted by atomic mass is 10.1. The van der Waals surface area contributed by atoms with Crippen LogP contribution in [0, 0.1) is 5.82 Å². The molecule has 0 radical (unpaired) electrons. The number of pyridine rings is 1. The Morgan fingerprint density at radius 3 is 2.83 bits per heavy atom. The molecule has 29 heavy (non-hydrogen) atoms. The van der Waals surface area contributed by atoms with E-state index in [1.807, 2.05) is 18.2 Å². The summed E-state index contributed by atoms with van der Waals surface area (Å²) in [6.45, 7) is 0.953. The Labute approximate surface area is 176 Å². The maximum atomic E-state index is 13.9.